The number of carboxylic acid groups (broad SMARTS) is 2. The molecule has 4 heteroatoms. The van der Waals surface area contributed by atoms with Crippen molar-refractivity contribution in [2.24, 2.45) is 11.8 Å². The summed E-state index contributed by atoms with van der Waals surface area (Å²) in [5.41, 5.74) is 0. The van der Waals surface area contributed by atoms with Crippen LogP contribution in [0.4, 0.5) is 0 Å². The van der Waals surface area contributed by atoms with E-state index in [1.165, 1.54) is 0 Å². The normalized spacial score (nSPS) is 10.4. The van der Waals surface area contributed by atoms with Crippen LogP contribution in [-0.2, 0) is 9.59 Å². The van der Waals surface area contributed by atoms with Gasteiger partial charge >= 0.3 is 11.9 Å². The zero-order chi connectivity index (χ0) is 13.1. The molecule has 94 valence electrons. The van der Waals surface area contributed by atoms with Crippen molar-refractivity contribution in [2.45, 2.75) is 40.5 Å². The third kappa shape index (κ3) is 23.0. The first kappa shape index (κ1) is 17.1. The Labute approximate surface area is 97.0 Å². The minimum atomic E-state index is -0.876. The number of hydrogen-bond acceptors (Lipinski definition) is 2. The van der Waals surface area contributed by atoms with Gasteiger partial charge < -0.3 is 10.2 Å². The van der Waals surface area contributed by atoms with Gasteiger partial charge in [-0.3, -0.25) is 4.79 Å². The molecule has 0 amide bonds. The summed E-state index contributed by atoms with van der Waals surface area (Å²) in [6.45, 7) is 7.89. The molecule has 0 fully saturated rings. The number of carboxylic acids is 2. The minimum absolute atomic E-state index is 0.303. The highest BCUT2D eigenvalue weighted by Crippen LogP contribution is 2.01. The maximum absolute atomic E-state index is 9.90. The lowest BCUT2D eigenvalue weighted by molar-refractivity contribution is -0.137. The van der Waals surface area contributed by atoms with Crippen molar-refractivity contribution in [3.05, 3.63) is 12.2 Å². The van der Waals surface area contributed by atoms with Gasteiger partial charge in [0.25, 0.3) is 0 Å². The lowest BCUT2D eigenvalue weighted by atomic mass is 10.1. The van der Waals surface area contributed by atoms with Gasteiger partial charge in [-0.25, -0.2) is 4.79 Å². The molecule has 0 aromatic heterocycles. The first-order chi connectivity index (χ1) is 7.25. The Morgan fingerprint density at radius 2 is 1.62 bits per heavy atom. The molecule has 0 saturated heterocycles. The van der Waals surface area contributed by atoms with Gasteiger partial charge in [0.1, 0.15) is 0 Å². The summed E-state index contributed by atoms with van der Waals surface area (Å²) in [6.07, 6.45) is 3.89. The number of hydrogen-bond donors (Lipinski definition) is 2. The van der Waals surface area contributed by atoms with Crippen LogP contribution in [0.5, 0.6) is 0 Å². The minimum Gasteiger partial charge on any atom is -0.481 e. The van der Waals surface area contributed by atoms with E-state index in [-0.39, 0.29) is 0 Å². The van der Waals surface area contributed by atoms with Crippen LogP contribution in [0, 0.1) is 11.8 Å². The first-order valence-electron chi connectivity index (χ1n) is 5.38. The van der Waals surface area contributed by atoms with Crippen LogP contribution in [0.2, 0.25) is 0 Å². The van der Waals surface area contributed by atoms with Gasteiger partial charge in [-0.05, 0) is 18.3 Å². The lowest BCUT2D eigenvalue weighted by Crippen LogP contribution is -1.97. The van der Waals surface area contributed by atoms with Gasteiger partial charge in [0.15, 0.2) is 0 Å². The molecule has 0 rings (SSSR count). The Balaban J connectivity index is 0. The van der Waals surface area contributed by atoms with E-state index in [2.05, 4.69) is 0 Å². The van der Waals surface area contributed by atoms with Crippen molar-refractivity contribution in [2.75, 3.05) is 0 Å². The highest BCUT2D eigenvalue weighted by Gasteiger charge is 1.97. The Bertz CT molecular complexity index is 229. The van der Waals surface area contributed by atoms with Gasteiger partial charge in [0.2, 0.25) is 0 Å². The van der Waals surface area contributed by atoms with E-state index in [0.29, 0.717) is 18.3 Å². The summed E-state index contributed by atoms with van der Waals surface area (Å²) >= 11 is 0. The average Bonchev–Trinajstić information content (AvgIpc) is 2.12. The van der Waals surface area contributed by atoms with Crippen LogP contribution in [0.25, 0.3) is 0 Å². The predicted octanol–water partition coefficient (Wildman–Crippen LogP) is 2.79. The SMILES string of the molecule is CC(C)/C=C/C(=O)O.CC(C)CCC(=O)O. The molecule has 0 atom stereocenters. The van der Waals surface area contributed by atoms with Crippen molar-refractivity contribution < 1.29 is 19.8 Å². The van der Waals surface area contributed by atoms with E-state index in [0.717, 1.165) is 12.5 Å². The molecule has 0 aliphatic heterocycles. The molecule has 0 radical (unpaired) electrons. The third-order valence-corrected chi connectivity index (χ3v) is 1.56. The molecule has 0 saturated carbocycles. The van der Waals surface area contributed by atoms with E-state index in [4.69, 9.17) is 10.2 Å². The summed E-state index contributed by atoms with van der Waals surface area (Å²) < 4.78 is 0. The van der Waals surface area contributed by atoms with Gasteiger partial charge in [-0.15, -0.1) is 0 Å². The molecule has 0 bridgehead atoms. The molecular formula is C12H22O4. The fourth-order valence-corrected chi connectivity index (χ4v) is 0.687. The number of aliphatic carboxylic acids is 2. The summed E-state index contributed by atoms with van der Waals surface area (Å²) in [5.74, 6) is -0.741. The molecule has 16 heavy (non-hydrogen) atoms. The smallest absolute Gasteiger partial charge is 0.327 e. The molecule has 0 aromatic rings. The molecule has 4 nitrogen and oxygen atoms in total. The summed E-state index contributed by atoms with van der Waals surface area (Å²) in [4.78, 5) is 19.7. The van der Waals surface area contributed by atoms with Crippen LogP contribution in [0.1, 0.15) is 40.5 Å². The second-order valence-electron chi connectivity index (χ2n) is 4.27. The van der Waals surface area contributed by atoms with Crippen molar-refractivity contribution in [1.29, 1.82) is 0 Å². The number of rotatable bonds is 5. The molecule has 0 heterocycles. The van der Waals surface area contributed by atoms with Crippen LogP contribution >= 0.6 is 0 Å². The first-order valence-corrected chi connectivity index (χ1v) is 5.38. The Hall–Kier alpha value is -1.32. The van der Waals surface area contributed by atoms with Crippen LogP contribution in [0.15, 0.2) is 12.2 Å². The number of carbonyl (C=O) groups is 2. The molecule has 0 aliphatic rings. The number of allylic oxidation sites excluding steroid dienone is 1. The standard InChI is InChI=1S/C6H12O2.C6H10O2/c2*1-5(2)3-4-6(7)8/h5H,3-4H2,1-2H3,(H,7,8);3-5H,1-2H3,(H,7,8)/b;4-3+. The highest BCUT2D eigenvalue weighted by molar-refractivity contribution is 5.79. The Kier molecular flexibility index (Phi) is 10.9. The molecular weight excluding hydrogens is 208 g/mol. The van der Waals surface area contributed by atoms with Crippen molar-refractivity contribution >= 4 is 11.9 Å². The van der Waals surface area contributed by atoms with Crippen molar-refractivity contribution in [3.8, 4) is 0 Å². The average molecular weight is 230 g/mol. The zero-order valence-electron chi connectivity index (χ0n) is 10.4. The van der Waals surface area contributed by atoms with Crippen LogP contribution in [-0.4, -0.2) is 22.2 Å². The highest BCUT2D eigenvalue weighted by atomic mass is 16.4. The second kappa shape index (κ2) is 10.2. The van der Waals surface area contributed by atoms with E-state index in [1.807, 2.05) is 27.7 Å². The summed E-state index contributed by atoms with van der Waals surface area (Å²) in [7, 11) is 0. The van der Waals surface area contributed by atoms with Gasteiger partial charge in [0.05, 0.1) is 0 Å². The second-order valence-corrected chi connectivity index (χ2v) is 4.27. The van der Waals surface area contributed by atoms with E-state index < -0.39 is 11.9 Å². The largest absolute Gasteiger partial charge is 0.481 e. The van der Waals surface area contributed by atoms with Gasteiger partial charge in [-0.2, -0.15) is 0 Å². The maximum Gasteiger partial charge on any atom is 0.327 e. The van der Waals surface area contributed by atoms with Gasteiger partial charge in [-0.1, -0.05) is 33.8 Å². The lowest BCUT2D eigenvalue weighted by Gasteiger charge is -1.97. The molecule has 0 spiro atoms. The fourth-order valence-electron chi connectivity index (χ4n) is 0.687. The maximum atomic E-state index is 9.90. The molecule has 2 N–H and O–H groups in total. The summed E-state index contributed by atoms with van der Waals surface area (Å²) in [5, 5.41) is 16.2. The van der Waals surface area contributed by atoms with Crippen molar-refractivity contribution in [1.82, 2.24) is 0 Å². The van der Waals surface area contributed by atoms with Crippen LogP contribution < -0.4 is 0 Å². The predicted molar refractivity (Wildman–Crippen MR) is 63.3 cm³/mol. The molecule has 0 unspecified atom stereocenters. The van der Waals surface area contributed by atoms with Gasteiger partial charge in [0, 0.05) is 12.5 Å². The Morgan fingerprint density at radius 3 is 1.75 bits per heavy atom. The third-order valence-electron chi connectivity index (χ3n) is 1.56. The monoisotopic (exact) mass is 230 g/mol. The van der Waals surface area contributed by atoms with Crippen LogP contribution in [0.3, 0.4) is 0 Å². The summed E-state index contributed by atoms with van der Waals surface area (Å²) in [6, 6.07) is 0. The Morgan fingerprint density at radius 1 is 1.12 bits per heavy atom. The van der Waals surface area contributed by atoms with E-state index >= 15 is 0 Å². The van der Waals surface area contributed by atoms with E-state index in [1.54, 1.807) is 6.08 Å². The molecule has 0 aromatic carbocycles. The zero-order valence-corrected chi connectivity index (χ0v) is 10.4. The molecule has 0 aliphatic carbocycles. The quantitative estimate of drug-likeness (QED) is 0.712. The topological polar surface area (TPSA) is 74.6 Å². The van der Waals surface area contributed by atoms with E-state index in [9.17, 15) is 9.59 Å². The van der Waals surface area contributed by atoms with Crippen molar-refractivity contribution in [3.63, 3.8) is 0 Å². The fraction of sp³-hybridized carbons (Fsp3) is 0.667.